The summed E-state index contributed by atoms with van der Waals surface area (Å²) in [4.78, 5) is 2.39. The average Bonchev–Trinajstić information content (AvgIpc) is 2.14. The Hall–Kier alpha value is -0.0800. The number of likely N-dealkylation sites (tertiary alicyclic amines) is 1. The van der Waals surface area contributed by atoms with E-state index >= 15 is 0 Å². The fourth-order valence-electron chi connectivity index (χ4n) is 3.12. The highest BCUT2D eigenvalue weighted by Gasteiger charge is 2.42. The molecular weight excluding hydrogens is 162 g/mol. The standard InChI is InChI=1S/C11H21NO/c1-12-8-5-10(13)11(9-12)6-3-2-4-7-11/h10,13H,2-9H2,1H3. The van der Waals surface area contributed by atoms with Gasteiger partial charge >= 0.3 is 0 Å². The van der Waals surface area contributed by atoms with Crippen LogP contribution in [0.4, 0.5) is 0 Å². The second-order valence-electron chi connectivity index (χ2n) is 4.97. The lowest BCUT2D eigenvalue weighted by molar-refractivity contribution is -0.0603. The molecule has 1 saturated carbocycles. The van der Waals surface area contributed by atoms with E-state index in [-0.39, 0.29) is 11.5 Å². The summed E-state index contributed by atoms with van der Waals surface area (Å²) in [7, 11) is 2.18. The molecule has 1 aliphatic heterocycles. The molecule has 0 aromatic heterocycles. The van der Waals surface area contributed by atoms with Gasteiger partial charge in [0.1, 0.15) is 0 Å². The van der Waals surface area contributed by atoms with Crippen molar-refractivity contribution in [3.8, 4) is 0 Å². The molecule has 0 aromatic carbocycles. The van der Waals surface area contributed by atoms with E-state index in [1.807, 2.05) is 0 Å². The van der Waals surface area contributed by atoms with E-state index in [9.17, 15) is 5.11 Å². The molecule has 2 fully saturated rings. The molecule has 0 bridgehead atoms. The van der Waals surface area contributed by atoms with E-state index in [1.165, 1.54) is 32.1 Å². The van der Waals surface area contributed by atoms with Crippen LogP contribution < -0.4 is 0 Å². The first-order valence-corrected chi connectivity index (χ1v) is 5.60. The Morgan fingerprint density at radius 2 is 1.92 bits per heavy atom. The summed E-state index contributed by atoms with van der Waals surface area (Å²) in [6.07, 6.45) is 7.48. The van der Waals surface area contributed by atoms with Gasteiger partial charge in [0, 0.05) is 18.5 Å². The Kier molecular flexibility index (Phi) is 2.61. The van der Waals surface area contributed by atoms with E-state index in [0.717, 1.165) is 19.5 Å². The zero-order valence-corrected chi connectivity index (χ0v) is 8.63. The molecule has 1 aliphatic carbocycles. The van der Waals surface area contributed by atoms with Gasteiger partial charge in [-0.3, -0.25) is 0 Å². The predicted octanol–water partition coefficient (Wildman–Crippen LogP) is 1.63. The molecule has 0 amide bonds. The van der Waals surface area contributed by atoms with Gasteiger partial charge in [0.2, 0.25) is 0 Å². The second-order valence-corrected chi connectivity index (χ2v) is 4.97. The smallest absolute Gasteiger partial charge is 0.0620 e. The molecule has 2 rings (SSSR count). The normalized spacial score (nSPS) is 35.1. The van der Waals surface area contributed by atoms with Gasteiger partial charge in [-0.15, -0.1) is 0 Å². The van der Waals surface area contributed by atoms with E-state index in [2.05, 4.69) is 11.9 Å². The van der Waals surface area contributed by atoms with Crippen LogP contribution in [-0.2, 0) is 0 Å². The highest BCUT2D eigenvalue weighted by atomic mass is 16.3. The van der Waals surface area contributed by atoms with Crippen LogP contribution in [-0.4, -0.2) is 36.2 Å². The lowest BCUT2D eigenvalue weighted by Gasteiger charge is -2.47. The van der Waals surface area contributed by atoms with Crippen LogP contribution in [0.25, 0.3) is 0 Å². The summed E-state index contributed by atoms with van der Waals surface area (Å²) < 4.78 is 0. The van der Waals surface area contributed by atoms with Crippen LogP contribution in [0.1, 0.15) is 38.5 Å². The van der Waals surface area contributed by atoms with Gasteiger partial charge < -0.3 is 10.0 Å². The third-order valence-electron chi connectivity index (χ3n) is 3.93. The van der Waals surface area contributed by atoms with E-state index < -0.39 is 0 Å². The fourth-order valence-corrected chi connectivity index (χ4v) is 3.12. The first-order chi connectivity index (χ1) is 6.23. The first kappa shape index (κ1) is 9.47. The highest BCUT2D eigenvalue weighted by Crippen LogP contribution is 2.42. The number of nitrogens with zero attached hydrogens (tertiary/aromatic N) is 1. The van der Waals surface area contributed by atoms with Crippen molar-refractivity contribution in [3.05, 3.63) is 0 Å². The van der Waals surface area contributed by atoms with Gasteiger partial charge in [-0.2, -0.15) is 0 Å². The zero-order valence-electron chi connectivity index (χ0n) is 8.63. The maximum atomic E-state index is 10.1. The first-order valence-electron chi connectivity index (χ1n) is 5.60. The molecule has 76 valence electrons. The molecule has 0 radical (unpaired) electrons. The number of aliphatic hydroxyl groups is 1. The van der Waals surface area contributed by atoms with Crippen LogP contribution >= 0.6 is 0 Å². The lowest BCUT2D eigenvalue weighted by Crippen LogP contribution is -2.51. The minimum absolute atomic E-state index is 0.0241. The van der Waals surface area contributed by atoms with Gasteiger partial charge in [0.15, 0.2) is 0 Å². The topological polar surface area (TPSA) is 23.5 Å². The Morgan fingerprint density at radius 3 is 2.62 bits per heavy atom. The minimum Gasteiger partial charge on any atom is -0.392 e. The minimum atomic E-state index is -0.0241. The third-order valence-corrected chi connectivity index (χ3v) is 3.93. The molecular formula is C11H21NO. The summed E-state index contributed by atoms with van der Waals surface area (Å²) in [5, 5.41) is 10.1. The number of hydrogen-bond acceptors (Lipinski definition) is 2. The van der Waals surface area contributed by atoms with E-state index in [1.54, 1.807) is 0 Å². The van der Waals surface area contributed by atoms with Crippen LogP contribution in [0.15, 0.2) is 0 Å². The molecule has 1 spiro atoms. The largest absolute Gasteiger partial charge is 0.392 e. The van der Waals surface area contributed by atoms with Gasteiger partial charge in [-0.05, 0) is 26.3 Å². The Bertz CT molecular complexity index is 175. The average molecular weight is 183 g/mol. The van der Waals surface area contributed by atoms with E-state index in [4.69, 9.17) is 0 Å². The van der Waals surface area contributed by atoms with Crippen molar-refractivity contribution in [2.45, 2.75) is 44.6 Å². The molecule has 0 aromatic rings. The van der Waals surface area contributed by atoms with Gasteiger partial charge in [0.25, 0.3) is 0 Å². The summed E-state index contributed by atoms with van der Waals surface area (Å²) in [6, 6.07) is 0. The summed E-state index contributed by atoms with van der Waals surface area (Å²) in [5.74, 6) is 0. The number of piperidine rings is 1. The third kappa shape index (κ3) is 1.75. The molecule has 1 saturated heterocycles. The molecule has 2 nitrogen and oxygen atoms in total. The molecule has 2 heteroatoms. The summed E-state index contributed by atoms with van der Waals surface area (Å²) in [6.45, 7) is 2.19. The quantitative estimate of drug-likeness (QED) is 0.617. The highest BCUT2D eigenvalue weighted by molar-refractivity contribution is 4.94. The predicted molar refractivity (Wildman–Crippen MR) is 53.6 cm³/mol. The Balaban J connectivity index is 2.07. The van der Waals surface area contributed by atoms with Gasteiger partial charge in [-0.1, -0.05) is 19.3 Å². The fraction of sp³-hybridized carbons (Fsp3) is 1.00. The summed E-state index contributed by atoms with van der Waals surface area (Å²) >= 11 is 0. The monoisotopic (exact) mass is 183 g/mol. The van der Waals surface area contributed by atoms with Crippen LogP contribution in [0.5, 0.6) is 0 Å². The zero-order chi connectivity index (χ0) is 9.31. The number of aliphatic hydroxyl groups excluding tert-OH is 1. The van der Waals surface area contributed by atoms with E-state index in [0.29, 0.717) is 0 Å². The van der Waals surface area contributed by atoms with Crippen LogP contribution in [0.3, 0.4) is 0 Å². The summed E-state index contributed by atoms with van der Waals surface area (Å²) in [5.41, 5.74) is 0.269. The Morgan fingerprint density at radius 1 is 1.23 bits per heavy atom. The maximum absolute atomic E-state index is 10.1. The molecule has 1 heterocycles. The second kappa shape index (κ2) is 3.58. The van der Waals surface area contributed by atoms with Crippen molar-refractivity contribution in [3.63, 3.8) is 0 Å². The molecule has 2 aliphatic rings. The molecule has 1 unspecified atom stereocenters. The SMILES string of the molecule is CN1CCC(O)C2(CCCCC2)C1. The van der Waals surface area contributed by atoms with Crippen molar-refractivity contribution < 1.29 is 5.11 Å². The lowest BCUT2D eigenvalue weighted by atomic mass is 9.67. The van der Waals surface area contributed by atoms with Gasteiger partial charge in [-0.25, -0.2) is 0 Å². The van der Waals surface area contributed by atoms with Crippen molar-refractivity contribution in [2.24, 2.45) is 5.41 Å². The molecule has 13 heavy (non-hydrogen) atoms. The van der Waals surface area contributed by atoms with Crippen LogP contribution in [0.2, 0.25) is 0 Å². The van der Waals surface area contributed by atoms with Crippen molar-refractivity contribution >= 4 is 0 Å². The van der Waals surface area contributed by atoms with Gasteiger partial charge in [0.05, 0.1) is 6.10 Å². The van der Waals surface area contributed by atoms with Crippen molar-refractivity contribution in [2.75, 3.05) is 20.1 Å². The Labute approximate surface area is 80.9 Å². The number of rotatable bonds is 0. The number of hydrogen-bond donors (Lipinski definition) is 1. The maximum Gasteiger partial charge on any atom is 0.0620 e. The molecule has 1 N–H and O–H groups in total. The van der Waals surface area contributed by atoms with Crippen molar-refractivity contribution in [1.29, 1.82) is 0 Å². The van der Waals surface area contributed by atoms with Crippen molar-refractivity contribution in [1.82, 2.24) is 4.90 Å². The molecule has 1 atom stereocenters. The van der Waals surface area contributed by atoms with Crippen LogP contribution in [0, 0.1) is 5.41 Å².